The highest BCUT2D eigenvalue weighted by Gasteiger charge is 2.06. The van der Waals surface area contributed by atoms with Gasteiger partial charge in [-0.05, 0) is 6.92 Å². The van der Waals surface area contributed by atoms with Crippen LogP contribution in [-0.4, -0.2) is 42.3 Å². The monoisotopic (exact) mass is 239 g/mol. The van der Waals surface area contributed by atoms with Gasteiger partial charge in [0.2, 0.25) is 5.65 Å². The van der Waals surface area contributed by atoms with Crippen molar-refractivity contribution in [2.24, 2.45) is 0 Å². The summed E-state index contributed by atoms with van der Waals surface area (Å²) in [6, 6.07) is 0. The van der Waals surface area contributed by atoms with E-state index in [0.717, 1.165) is 5.82 Å². The van der Waals surface area contributed by atoms with Gasteiger partial charge in [-0.25, -0.2) is 4.98 Å². The average Bonchev–Trinajstić information content (AvgIpc) is 2.61. The molecule has 1 N–H and O–H groups in total. The van der Waals surface area contributed by atoms with Gasteiger partial charge in [-0.2, -0.15) is 0 Å². The molecule has 2 heterocycles. The highest BCUT2D eigenvalue weighted by molar-refractivity contribution is 7.84. The van der Waals surface area contributed by atoms with Gasteiger partial charge >= 0.3 is 0 Å². The first-order valence-corrected chi connectivity index (χ1v) is 6.61. The summed E-state index contributed by atoms with van der Waals surface area (Å²) in [5, 5.41) is 11.1. The Hall–Kier alpha value is -1.50. The zero-order chi connectivity index (χ0) is 11.5. The fraction of sp³-hybridized carbons (Fsp3) is 0.444. The molecule has 0 bridgehead atoms. The van der Waals surface area contributed by atoms with E-state index in [1.165, 1.54) is 0 Å². The number of rotatable bonds is 4. The van der Waals surface area contributed by atoms with Crippen LogP contribution in [-0.2, 0) is 10.8 Å². The normalized spacial score (nSPS) is 12.9. The largest absolute Gasteiger partial charge is 0.366 e. The molecule has 16 heavy (non-hydrogen) atoms. The molecule has 2 aromatic rings. The summed E-state index contributed by atoms with van der Waals surface area (Å²) in [6.45, 7) is 2.49. The van der Waals surface area contributed by atoms with E-state index in [-0.39, 0.29) is 0 Å². The number of aromatic nitrogens is 4. The van der Waals surface area contributed by atoms with Gasteiger partial charge in [-0.15, -0.1) is 10.2 Å². The van der Waals surface area contributed by atoms with Crippen LogP contribution in [0, 0.1) is 6.92 Å². The first-order chi connectivity index (χ1) is 7.68. The zero-order valence-corrected chi connectivity index (χ0v) is 9.99. The van der Waals surface area contributed by atoms with E-state index in [4.69, 9.17) is 0 Å². The van der Waals surface area contributed by atoms with Crippen LogP contribution >= 0.6 is 0 Å². The minimum Gasteiger partial charge on any atom is -0.366 e. The smallest absolute Gasteiger partial charge is 0.203 e. The van der Waals surface area contributed by atoms with Crippen molar-refractivity contribution < 1.29 is 4.21 Å². The minimum absolute atomic E-state index is 0.593. The first-order valence-electron chi connectivity index (χ1n) is 4.88. The van der Waals surface area contributed by atoms with Crippen LogP contribution < -0.4 is 5.32 Å². The highest BCUT2D eigenvalue weighted by Crippen LogP contribution is 2.11. The van der Waals surface area contributed by atoms with Gasteiger partial charge in [-0.3, -0.25) is 8.61 Å². The molecule has 86 valence electrons. The van der Waals surface area contributed by atoms with Gasteiger partial charge in [-0.1, -0.05) is 0 Å². The van der Waals surface area contributed by atoms with Crippen molar-refractivity contribution in [1.82, 2.24) is 19.6 Å². The van der Waals surface area contributed by atoms with Crippen LogP contribution in [0.15, 0.2) is 12.4 Å². The molecule has 0 saturated carbocycles. The Labute approximate surface area is 95.6 Å². The third kappa shape index (κ3) is 2.19. The second kappa shape index (κ2) is 4.56. The van der Waals surface area contributed by atoms with E-state index in [1.807, 2.05) is 17.5 Å². The lowest BCUT2D eigenvalue weighted by atomic mass is 10.5. The molecule has 2 aromatic heterocycles. The summed E-state index contributed by atoms with van der Waals surface area (Å²) >= 11 is 0. The Morgan fingerprint density at radius 3 is 3.06 bits per heavy atom. The number of aryl methyl sites for hydroxylation is 1. The summed E-state index contributed by atoms with van der Waals surface area (Å²) in [4.78, 5) is 4.18. The van der Waals surface area contributed by atoms with E-state index in [2.05, 4.69) is 20.5 Å². The third-order valence-corrected chi connectivity index (χ3v) is 2.96. The van der Waals surface area contributed by atoms with Crippen molar-refractivity contribution in [3.05, 3.63) is 18.2 Å². The molecule has 0 aliphatic carbocycles. The molecule has 0 saturated heterocycles. The Morgan fingerprint density at radius 1 is 1.50 bits per heavy atom. The van der Waals surface area contributed by atoms with Crippen LogP contribution in [0.2, 0.25) is 0 Å². The van der Waals surface area contributed by atoms with Crippen molar-refractivity contribution in [2.75, 3.05) is 23.9 Å². The van der Waals surface area contributed by atoms with Crippen LogP contribution in [0.3, 0.4) is 0 Å². The Bertz CT molecular complexity index is 524. The second-order valence-corrected chi connectivity index (χ2v) is 4.98. The van der Waals surface area contributed by atoms with Gasteiger partial charge in [0.15, 0.2) is 5.82 Å². The predicted molar refractivity (Wildman–Crippen MR) is 62.9 cm³/mol. The Kier molecular flexibility index (Phi) is 3.14. The number of nitrogens with one attached hydrogen (secondary N) is 1. The summed E-state index contributed by atoms with van der Waals surface area (Å²) in [7, 11) is -0.801. The number of nitrogens with zero attached hydrogens (tertiary/aromatic N) is 4. The van der Waals surface area contributed by atoms with Gasteiger partial charge < -0.3 is 5.32 Å². The fourth-order valence-electron chi connectivity index (χ4n) is 1.38. The molecule has 0 amide bonds. The summed E-state index contributed by atoms with van der Waals surface area (Å²) in [5.74, 6) is 2.09. The number of hydrogen-bond donors (Lipinski definition) is 1. The van der Waals surface area contributed by atoms with Crippen molar-refractivity contribution in [3.63, 3.8) is 0 Å². The van der Waals surface area contributed by atoms with Gasteiger partial charge in [0.25, 0.3) is 0 Å². The standard InChI is InChI=1S/C9H13N5OS/c1-7-12-13-9-8(10-3-5-14(7)9)11-4-6-16(2)15/h3,5H,4,6H2,1-2H3,(H,10,11). The molecule has 7 heteroatoms. The topological polar surface area (TPSA) is 72.2 Å². The molecule has 0 aromatic carbocycles. The molecule has 0 aliphatic rings. The summed E-state index contributed by atoms with van der Waals surface area (Å²) in [6.07, 6.45) is 5.18. The van der Waals surface area contributed by atoms with Crippen molar-refractivity contribution in [1.29, 1.82) is 0 Å². The highest BCUT2D eigenvalue weighted by atomic mass is 32.2. The second-order valence-electron chi connectivity index (χ2n) is 3.42. The van der Waals surface area contributed by atoms with Crippen LogP contribution in [0.4, 0.5) is 5.82 Å². The number of hydrogen-bond acceptors (Lipinski definition) is 5. The van der Waals surface area contributed by atoms with Crippen LogP contribution in [0.1, 0.15) is 5.82 Å². The van der Waals surface area contributed by atoms with Crippen molar-refractivity contribution in [3.8, 4) is 0 Å². The van der Waals surface area contributed by atoms with E-state index in [9.17, 15) is 4.21 Å². The molecule has 0 aliphatic heterocycles. The molecule has 2 rings (SSSR count). The summed E-state index contributed by atoms with van der Waals surface area (Å²) < 4.78 is 12.8. The van der Waals surface area contributed by atoms with Crippen molar-refractivity contribution in [2.45, 2.75) is 6.92 Å². The first kappa shape index (κ1) is 11.0. The lowest BCUT2D eigenvalue weighted by molar-refractivity contribution is 0.687. The lowest BCUT2D eigenvalue weighted by Crippen LogP contribution is -2.11. The van der Waals surface area contributed by atoms with Crippen molar-refractivity contribution >= 4 is 22.3 Å². The Morgan fingerprint density at radius 2 is 2.31 bits per heavy atom. The van der Waals surface area contributed by atoms with Crippen LogP contribution in [0.25, 0.3) is 5.65 Å². The van der Waals surface area contributed by atoms with E-state index in [1.54, 1.807) is 12.5 Å². The molecular formula is C9H13N5OS. The molecule has 0 spiro atoms. The summed E-state index contributed by atoms with van der Waals surface area (Å²) in [5.41, 5.74) is 0.696. The maximum absolute atomic E-state index is 10.9. The fourth-order valence-corrected chi connectivity index (χ4v) is 1.77. The van der Waals surface area contributed by atoms with Gasteiger partial charge in [0.1, 0.15) is 5.82 Å². The van der Waals surface area contributed by atoms with Gasteiger partial charge in [0, 0.05) is 41.7 Å². The molecule has 0 radical (unpaired) electrons. The van der Waals surface area contributed by atoms with Gasteiger partial charge in [0.05, 0.1) is 0 Å². The minimum atomic E-state index is -0.801. The molecule has 0 fully saturated rings. The zero-order valence-electron chi connectivity index (χ0n) is 9.17. The average molecular weight is 239 g/mol. The van der Waals surface area contributed by atoms with E-state index < -0.39 is 10.8 Å². The molecule has 1 atom stereocenters. The van der Waals surface area contributed by atoms with E-state index in [0.29, 0.717) is 23.8 Å². The molecule has 1 unspecified atom stereocenters. The SMILES string of the molecule is Cc1nnc2c(NCCS(C)=O)nccn12. The molecular weight excluding hydrogens is 226 g/mol. The quantitative estimate of drug-likeness (QED) is 0.826. The molecule has 6 nitrogen and oxygen atoms in total. The lowest BCUT2D eigenvalue weighted by Gasteiger charge is -2.04. The number of anilines is 1. The Balaban J connectivity index is 2.20. The maximum Gasteiger partial charge on any atom is 0.203 e. The number of fused-ring (bicyclic) bond motifs is 1. The third-order valence-electron chi connectivity index (χ3n) is 2.18. The van der Waals surface area contributed by atoms with Crippen LogP contribution in [0.5, 0.6) is 0 Å². The van der Waals surface area contributed by atoms with E-state index >= 15 is 0 Å². The maximum atomic E-state index is 10.9. The predicted octanol–water partition coefficient (Wildman–Crippen LogP) is 0.223.